The van der Waals surface area contributed by atoms with Gasteiger partial charge in [0.25, 0.3) is 0 Å². The number of imide groups is 1. The molecular formula is C18H18BrN3O3. The van der Waals surface area contributed by atoms with E-state index in [1.54, 1.807) is 19.1 Å². The Balaban J connectivity index is 1.42. The van der Waals surface area contributed by atoms with Gasteiger partial charge in [-0.25, -0.2) is 4.79 Å². The lowest BCUT2D eigenvalue weighted by Crippen LogP contribution is -2.51. The maximum Gasteiger partial charge on any atom is 0.320 e. The van der Waals surface area contributed by atoms with Gasteiger partial charge in [0.1, 0.15) is 6.17 Å². The summed E-state index contributed by atoms with van der Waals surface area (Å²) in [5, 5.41) is 5.39. The SMILES string of the molecule is CC(NC(=O)Nc1ccc(Br)cc1)N1C(=O)C2C3C=CC(C3)C2C1=O. The minimum atomic E-state index is -0.680. The molecule has 25 heavy (non-hydrogen) atoms. The third kappa shape index (κ3) is 2.66. The summed E-state index contributed by atoms with van der Waals surface area (Å²) >= 11 is 3.33. The molecule has 0 radical (unpaired) electrons. The Morgan fingerprint density at radius 3 is 2.24 bits per heavy atom. The normalized spacial score (nSPS) is 30.6. The fourth-order valence-electron chi connectivity index (χ4n) is 4.26. The van der Waals surface area contributed by atoms with Crippen LogP contribution < -0.4 is 10.6 Å². The van der Waals surface area contributed by atoms with Crippen molar-refractivity contribution < 1.29 is 14.4 Å². The smallest absolute Gasteiger partial charge is 0.317 e. The first-order valence-corrected chi connectivity index (χ1v) is 9.13. The molecule has 0 spiro atoms. The number of nitrogens with zero attached hydrogens (tertiary/aromatic N) is 1. The molecule has 4 amide bonds. The van der Waals surface area contributed by atoms with Crippen molar-refractivity contribution in [3.8, 4) is 0 Å². The van der Waals surface area contributed by atoms with Crippen molar-refractivity contribution in [3.05, 3.63) is 40.9 Å². The number of nitrogens with one attached hydrogen (secondary N) is 2. The van der Waals surface area contributed by atoms with E-state index in [0.717, 1.165) is 10.9 Å². The second-order valence-electron chi connectivity index (χ2n) is 6.83. The van der Waals surface area contributed by atoms with Crippen LogP contribution in [0.15, 0.2) is 40.9 Å². The lowest BCUT2D eigenvalue weighted by molar-refractivity contribution is -0.143. The number of amides is 4. The van der Waals surface area contributed by atoms with Crippen molar-refractivity contribution in [1.82, 2.24) is 10.2 Å². The highest BCUT2D eigenvalue weighted by molar-refractivity contribution is 9.10. The van der Waals surface area contributed by atoms with Gasteiger partial charge in [-0.2, -0.15) is 0 Å². The number of urea groups is 1. The van der Waals surface area contributed by atoms with E-state index in [-0.39, 0.29) is 35.5 Å². The standard InChI is InChI=1S/C18H18BrN3O3/c1-9(20-18(25)21-13-6-4-12(19)5-7-13)22-16(23)14-10-2-3-11(8-10)15(14)17(22)24/h2-7,9-11,14-15H,8H2,1H3,(H2,20,21,25). The van der Waals surface area contributed by atoms with Gasteiger partial charge in [0.2, 0.25) is 11.8 Å². The Morgan fingerprint density at radius 1 is 1.12 bits per heavy atom. The van der Waals surface area contributed by atoms with Gasteiger partial charge >= 0.3 is 6.03 Å². The Bertz CT molecular complexity index is 746. The Morgan fingerprint density at radius 2 is 1.68 bits per heavy atom. The van der Waals surface area contributed by atoms with Crippen molar-refractivity contribution >= 4 is 39.5 Å². The number of halogens is 1. The number of benzene rings is 1. The summed E-state index contributed by atoms with van der Waals surface area (Å²) in [6, 6.07) is 6.70. The highest BCUT2D eigenvalue weighted by Gasteiger charge is 2.60. The molecule has 7 heteroatoms. The summed E-state index contributed by atoms with van der Waals surface area (Å²) in [5.74, 6) is -0.491. The van der Waals surface area contributed by atoms with Crippen LogP contribution in [0, 0.1) is 23.7 Å². The van der Waals surface area contributed by atoms with Crippen molar-refractivity contribution in [2.45, 2.75) is 19.5 Å². The van der Waals surface area contributed by atoms with E-state index in [9.17, 15) is 14.4 Å². The van der Waals surface area contributed by atoms with E-state index in [1.807, 2.05) is 12.1 Å². The molecule has 2 aliphatic carbocycles. The van der Waals surface area contributed by atoms with Crippen LogP contribution in [0.25, 0.3) is 0 Å². The maximum atomic E-state index is 12.7. The zero-order valence-electron chi connectivity index (χ0n) is 13.6. The van der Waals surface area contributed by atoms with Crippen LogP contribution in [-0.2, 0) is 9.59 Å². The highest BCUT2D eigenvalue weighted by Crippen LogP contribution is 2.52. The van der Waals surface area contributed by atoms with Gasteiger partial charge in [-0.15, -0.1) is 0 Å². The number of carbonyl (C=O) groups is 3. The average molecular weight is 404 g/mol. The number of hydrogen-bond acceptors (Lipinski definition) is 3. The summed E-state index contributed by atoms with van der Waals surface area (Å²) in [6.07, 6.45) is 4.32. The van der Waals surface area contributed by atoms with Gasteiger partial charge in [-0.1, -0.05) is 28.1 Å². The van der Waals surface area contributed by atoms with Crippen molar-refractivity contribution in [1.29, 1.82) is 0 Å². The maximum absolute atomic E-state index is 12.7. The summed E-state index contributed by atoms with van der Waals surface area (Å²) in [5.41, 5.74) is 0.631. The molecule has 6 nitrogen and oxygen atoms in total. The molecule has 3 aliphatic rings. The van der Waals surface area contributed by atoms with E-state index in [1.165, 1.54) is 4.90 Å². The molecule has 1 aromatic rings. The van der Waals surface area contributed by atoms with Crippen molar-refractivity contribution in [2.24, 2.45) is 23.7 Å². The zero-order chi connectivity index (χ0) is 17.7. The van der Waals surface area contributed by atoms with Crippen LogP contribution in [0.1, 0.15) is 13.3 Å². The molecule has 1 saturated carbocycles. The Labute approximate surface area is 153 Å². The lowest BCUT2D eigenvalue weighted by atomic mass is 9.85. The average Bonchev–Trinajstić information content (AvgIpc) is 3.23. The first kappa shape index (κ1) is 16.3. The molecule has 1 aromatic carbocycles. The van der Waals surface area contributed by atoms with Crippen molar-refractivity contribution in [2.75, 3.05) is 5.32 Å². The summed E-state index contributed by atoms with van der Waals surface area (Å²) in [4.78, 5) is 38.8. The molecule has 130 valence electrons. The monoisotopic (exact) mass is 403 g/mol. The van der Waals surface area contributed by atoms with E-state index in [0.29, 0.717) is 5.69 Å². The summed E-state index contributed by atoms with van der Waals surface area (Å²) in [6.45, 7) is 1.66. The molecule has 2 N–H and O–H groups in total. The number of anilines is 1. The molecular weight excluding hydrogens is 386 g/mol. The number of rotatable bonds is 3. The topological polar surface area (TPSA) is 78.5 Å². The zero-order valence-corrected chi connectivity index (χ0v) is 15.2. The second kappa shape index (κ2) is 5.98. The Hall–Kier alpha value is -2.15. The molecule has 1 heterocycles. The Kier molecular flexibility index (Phi) is 3.91. The van der Waals surface area contributed by atoms with Gasteiger partial charge < -0.3 is 10.6 Å². The number of carbonyl (C=O) groups excluding carboxylic acids is 3. The fraction of sp³-hybridized carbons (Fsp3) is 0.389. The van der Waals surface area contributed by atoms with Crippen LogP contribution >= 0.6 is 15.9 Å². The number of hydrogen-bond donors (Lipinski definition) is 2. The molecule has 2 fully saturated rings. The predicted molar refractivity (Wildman–Crippen MR) is 95.3 cm³/mol. The van der Waals surface area contributed by atoms with E-state index >= 15 is 0 Å². The number of allylic oxidation sites excluding steroid dienone is 2. The van der Waals surface area contributed by atoms with Crippen LogP contribution in [0.2, 0.25) is 0 Å². The van der Waals surface area contributed by atoms with Gasteiger partial charge in [0.15, 0.2) is 0 Å². The lowest BCUT2D eigenvalue weighted by Gasteiger charge is -2.25. The van der Waals surface area contributed by atoms with E-state index in [2.05, 4.69) is 38.7 Å². The van der Waals surface area contributed by atoms with Gasteiger partial charge in [0.05, 0.1) is 11.8 Å². The largest absolute Gasteiger partial charge is 0.320 e. The van der Waals surface area contributed by atoms with Gasteiger partial charge in [0, 0.05) is 10.2 Å². The first-order valence-electron chi connectivity index (χ1n) is 8.34. The van der Waals surface area contributed by atoms with Crippen LogP contribution in [0.4, 0.5) is 10.5 Å². The molecule has 5 unspecified atom stereocenters. The predicted octanol–water partition coefficient (Wildman–Crippen LogP) is 2.72. The molecule has 0 aromatic heterocycles. The second-order valence-corrected chi connectivity index (χ2v) is 7.74. The highest BCUT2D eigenvalue weighted by atomic mass is 79.9. The minimum absolute atomic E-state index is 0.164. The fourth-order valence-corrected chi connectivity index (χ4v) is 4.53. The van der Waals surface area contributed by atoms with E-state index < -0.39 is 12.2 Å². The molecule has 2 bridgehead atoms. The number of fused-ring (bicyclic) bond motifs is 5. The van der Waals surface area contributed by atoms with Crippen LogP contribution in [0.5, 0.6) is 0 Å². The minimum Gasteiger partial charge on any atom is -0.317 e. The van der Waals surface area contributed by atoms with Gasteiger partial charge in [-0.3, -0.25) is 14.5 Å². The van der Waals surface area contributed by atoms with Crippen molar-refractivity contribution in [3.63, 3.8) is 0 Å². The summed E-state index contributed by atoms with van der Waals surface area (Å²) in [7, 11) is 0. The van der Waals surface area contributed by atoms with E-state index in [4.69, 9.17) is 0 Å². The molecule has 1 aliphatic heterocycles. The van der Waals surface area contributed by atoms with Crippen LogP contribution in [0.3, 0.4) is 0 Å². The molecule has 5 atom stereocenters. The third-order valence-electron chi connectivity index (χ3n) is 5.33. The summed E-state index contributed by atoms with van der Waals surface area (Å²) < 4.78 is 0.912. The molecule has 4 rings (SSSR count). The number of likely N-dealkylation sites (tertiary alicyclic amines) is 1. The third-order valence-corrected chi connectivity index (χ3v) is 5.86. The molecule has 1 saturated heterocycles. The van der Waals surface area contributed by atoms with Crippen LogP contribution in [-0.4, -0.2) is 28.9 Å². The quantitative estimate of drug-likeness (QED) is 0.601. The van der Waals surface area contributed by atoms with Gasteiger partial charge in [-0.05, 0) is 49.4 Å². The first-order chi connectivity index (χ1) is 12.0.